The molecule has 148 valence electrons. The van der Waals surface area contributed by atoms with Crippen molar-refractivity contribution in [1.29, 1.82) is 0 Å². The van der Waals surface area contributed by atoms with Gasteiger partial charge in [0, 0.05) is 11.1 Å². The fourth-order valence-electron chi connectivity index (χ4n) is 4.12. The molecule has 3 rings (SSSR count). The fourth-order valence-corrected chi connectivity index (χ4v) is 4.12. The van der Waals surface area contributed by atoms with Gasteiger partial charge in [-0.05, 0) is 52.5 Å². The van der Waals surface area contributed by atoms with Crippen LogP contribution in [0.25, 0.3) is 6.08 Å². The second-order valence-corrected chi connectivity index (χ2v) is 10.00. The highest BCUT2D eigenvalue weighted by Crippen LogP contribution is 2.41. The number of aldehydes is 1. The number of fused-ring (bicyclic) bond motifs is 1. The Morgan fingerprint density at radius 2 is 1.50 bits per heavy atom. The lowest BCUT2D eigenvalue weighted by atomic mass is 9.76. The minimum absolute atomic E-state index is 0.165. The molecule has 1 unspecified atom stereocenters. The van der Waals surface area contributed by atoms with Crippen LogP contribution in [0, 0.1) is 0 Å². The van der Waals surface area contributed by atoms with Crippen LogP contribution in [0.1, 0.15) is 81.7 Å². The Morgan fingerprint density at radius 3 is 2.04 bits per heavy atom. The van der Waals surface area contributed by atoms with Crippen LogP contribution >= 0.6 is 0 Å². The summed E-state index contributed by atoms with van der Waals surface area (Å²) in [6, 6.07) is 12.4. The van der Waals surface area contributed by atoms with Crippen LogP contribution in [0.15, 0.2) is 42.0 Å². The van der Waals surface area contributed by atoms with Gasteiger partial charge in [-0.25, -0.2) is 0 Å². The second-order valence-electron chi connectivity index (χ2n) is 10.00. The molecular weight excluding hydrogens is 344 g/mol. The summed E-state index contributed by atoms with van der Waals surface area (Å²) in [4.78, 5) is 11.9. The number of carbonyl (C=O) groups is 1. The van der Waals surface area contributed by atoms with Gasteiger partial charge < -0.3 is 9.90 Å². The first kappa shape index (κ1) is 20.4. The zero-order valence-corrected chi connectivity index (χ0v) is 18.0. The predicted octanol–water partition coefficient (Wildman–Crippen LogP) is 6.30. The van der Waals surface area contributed by atoms with Gasteiger partial charge >= 0.3 is 0 Å². The Hall–Kier alpha value is -2.35. The van der Waals surface area contributed by atoms with Crippen molar-refractivity contribution in [2.75, 3.05) is 0 Å². The molecular formula is C26H32O2. The summed E-state index contributed by atoms with van der Waals surface area (Å²) in [7, 11) is 0. The molecule has 2 nitrogen and oxygen atoms in total. The van der Waals surface area contributed by atoms with Gasteiger partial charge in [0.1, 0.15) is 12.0 Å². The standard InChI is InChI=1S/C26H32O2/c1-25(2,3)22-14-17(15-23(24(22)28)26(4,5)6)13-19-12-11-18-9-7-8-10-20(18)21(19)16-27/h7-10,13-16,21,28H,11-12H2,1-6H3. The van der Waals surface area contributed by atoms with E-state index in [0.717, 1.165) is 47.0 Å². The summed E-state index contributed by atoms with van der Waals surface area (Å²) in [5, 5.41) is 10.9. The lowest BCUT2D eigenvalue weighted by molar-refractivity contribution is -0.108. The van der Waals surface area contributed by atoms with Crippen molar-refractivity contribution in [2.45, 2.75) is 71.1 Å². The lowest BCUT2D eigenvalue weighted by Crippen LogP contribution is -2.18. The molecule has 0 aromatic heterocycles. The van der Waals surface area contributed by atoms with Gasteiger partial charge in [-0.2, -0.15) is 0 Å². The van der Waals surface area contributed by atoms with E-state index >= 15 is 0 Å². The molecule has 0 heterocycles. The molecule has 0 saturated carbocycles. The van der Waals surface area contributed by atoms with Crippen molar-refractivity contribution in [3.8, 4) is 5.75 Å². The van der Waals surface area contributed by atoms with Crippen molar-refractivity contribution < 1.29 is 9.90 Å². The monoisotopic (exact) mass is 376 g/mol. The number of hydrogen-bond acceptors (Lipinski definition) is 2. The highest BCUT2D eigenvalue weighted by molar-refractivity contribution is 5.74. The zero-order chi connectivity index (χ0) is 20.7. The highest BCUT2D eigenvalue weighted by Gasteiger charge is 2.27. The number of rotatable bonds is 2. The summed E-state index contributed by atoms with van der Waals surface area (Å²) in [5.74, 6) is 0.206. The summed E-state index contributed by atoms with van der Waals surface area (Å²) in [6.07, 6.45) is 5.08. The van der Waals surface area contributed by atoms with E-state index in [1.807, 2.05) is 12.1 Å². The minimum atomic E-state index is -0.185. The third-order valence-corrected chi connectivity index (χ3v) is 5.71. The molecule has 0 fully saturated rings. The normalized spacial score (nSPS) is 18.8. The maximum atomic E-state index is 11.9. The molecule has 0 saturated heterocycles. The van der Waals surface area contributed by atoms with Crippen molar-refractivity contribution >= 4 is 12.4 Å². The number of carbonyl (C=O) groups excluding carboxylic acids is 1. The van der Waals surface area contributed by atoms with E-state index in [-0.39, 0.29) is 16.7 Å². The Labute approximate surface area is 169 Å². The van der Waals surface area contributed by atoms with Crippen LogP contribution in [0.2, 0.25) is 0 Å². The minimum Gasteiger partial charge on any atom is -0.507 e. The summed E-state index contributed by atoms with van der Waals surface area (Å²) in [5.41, 5.74) is 6.18. The first-order valence-electron chi connectivity index (χ1n) is 10.1. The second kappa shape index (κ2) is 7.24. The van der Waals surface area contributed by atoms with E-state index in [9.17, 15) is 9.90 Å². The molecule has 28 heavy (non-hydrogen) atoms. The highest BCUT2D eigenvalue weighted by atomic mass is 16.3. The van der Waals surface area contributed by atoms with E-state index in [4.69, 9.17) is 0 Å². The molecule has 1 N–H and O–H groups in total. The number of hydrogen-bond donors (Lipinski definition) is 1. The van der Waals surface area contributed by atoms with Gasteiger partial charge in [-0.15, -0.1) is 0 Å². The smallest absolute Gasteiger partial charge is 0.131 e. The van der Waals surface area contributed by atoms with Crippen LogP contribution < -0.4 is 0 Å². The van der Waals surface area contributed by atoms with Crippen LogP contribution in [0.3, 0.4) is 0 Å². The third kappa shape index (κ3) is 3.92. The van der Waals surface area contributed by atoms with Crippen molar-refractivity contribution in [1.82, 2.24) is 0 Å². The molecule has 0 aliphatic heterocycles. The Kier molecular flexibility index (Phi) is 5.27. The molecule has 1 atom stereocenters. The average molecular weight is 377 g/mol. The van der Waals surface area contributed by atoms with Gasteiger partial charge in [0.15, 0.2) is 0 Å². The van der Waals surface area contributed by atoms with E-state index in [2.05, 4.69) is 71.9 Å². The van der Waals surface area contributed by atoms with Gasteiger partial charge in [0.2, 0.25) is 0 Å². The maximum absolute atomic E-state index is 11.9. The Morgan fingerprint density at radius 1 is 0.929 bits per heavy atom. The Bertz CT molecular complexity index is 885. The summed E-state index contributed by atoms with van der Waals surface area (Å²) >= 11 is 0. The summed E-state index contributed by atoms with van der Waals surface area (Å²) < 4.78 is 0. The molecule has 0 radical (unpaired) electrons. The molecule has 2 aromatic rings. The maximum Gasteiger partial charge on any atom is 0.131 e. The third-order valence-electron chi connectivity index (χ3n) is 5.71. The molecule has 0 spiro atoms. The number of phenolic OH excluding ortho intramolecular Hbond substituents is 1. The molecule has 0 amide bonds. The predicted molar refractivity (Wildman–Crippen MR) is 117 cm³/mol. The quantitative estimate of drug-likeness (QED) is 0.625. The average Bonchev–Trinajstić information content (AvgIpc) is 2.61. The van der Waals surface area contributed by atoms with Crippen LogP contribution in [0.4, 0.5) is 0 Å². The topological polar surface area (TPSA) is 37.3 Å². The SMILES string of the molecule is CC(C)(C)c1cc(C=C2CCc3ccccc3C2C=O)cc(C(C)(C)C)c1O. The van der Waals surface area contributed by atoms with E-state index in [1.54, 1.807) is 0 Å². The lowest BCUT2D eigenvalue weighted by Gasteiger charge is -2.28. The molecule has 1 aliphatic carbocycles. The van der Waals surface area contributed by atoms with Crippen LogP contribution in [-0.4, -0.2) is 11.4 Å². The van der Waals surface area contributed by atoms with E-state index in [1.165, 1.54) is 5.56 Å². The van der Waals surface area contributed by atoms with Gasteiger partial charge in [-0.3, -0.25) is 0 Å². The number of aromatic hydroxyl groups is 1. The van der Waals surface area contributed by atoms with Gasteiger partial charge in [0.05, 0.1) is 5.92 Å². The largest absolute Gasteiger partial charge is 0.507 e. The number of benzene rings is 2. The van der Waals surface area contributed by atoms with Crippen LogP contribution in [-0.2, 0) is 22.0 Å². The first-order chi connectivity index (χ1) is 13.0. The van der Waals surface area contributed by atoms with Gasteiger partial charge in [-0.1, -0.05) is 77.5 Å². The van der Waals surface area contributed by atoms with Gasteiger partial charge in [0.25, 0.3) is 0 Å². The number of allylic oxidation sites excluding steroid dienone is 1. The summed E-state index contributed by atoms with van der Waals surface area (Å²) in [6.45, 7) is 12.7. The number of aryl methyl sites for hydroxylation is 1. The fraction of sp³-hybridized carbons (Fsp3) is 0.423. The molecule has 2 aromatic carbocycles. The van der Waals surface area contributed by atoms with E-state index in [0.29, 0.717) is 5.75 Å². The Balaban J connectivity index is 2.15. The van der Waals surface area contributed by atoms with Crippen molar-refractivity contribution in [3.63, 3.8) is 0 Å². The van der Waals surface area contributed by atoms with E-state index < -0.39 is 0 Å². The van der Waals surface area contributed by atoms with Crippen molar-refractivity contribution in [2.24, 2.45) is 0 Å². The number of phenols is 1. The van der Waals surface area contributed by atoms with Crippen molar-refractivity contribution in [3.05, 3.63) is 69.8 Å². The molecule has 0 bridgehead atoms. The van der Waals surface area contributed by atoms with Crippen LogP contribution in [0.5, 0.6) is 5.75 Å². The zero-order valence-electron chi connectivity index (χ0n) is 18.0. The molecule has 1 aliphatic rings. The first-order valence-corrected chi connectivity index (χ1v) is 10.1. The molecule has 2 heteroatoms.